The van der Waals surface area contributed by atoms with Crippen LogP contribution in [0.15, 0.2) is 23.8 Å². The minimum atomic E-state index is 0.532. The molecule has 0 aromatic heterocycles. The van der Waals surface area contributed by atoms with Crippen LogP contribution in [-0.2, 0) is 4.79 Å². The fourth-order valence-electron chi connectivity index (χ4n) is 2.54. The minimum Gasteiger partial charge on any atom is -0.298 e. The molecule has 0 bridgehead atoms. The van der Waals surface area contributed by atoms with Gasteiger partial charge in [0.1, 0.15) is 6.29 Å². The molecule has 0 aliphatic heterocycles. The number of carbonyl (C=O) groups is 1. The van der Waals surface area contributed by atoms with Gasteiger partial charge in [-0.05, 0) is 30.3 Å². The molecular formula is C12H16O. The van der Waals surface area contributed by atoms with Crippen LogP contribution in [0.1, 0.15) is 32.1 Å². The molecule has 2 aliphatic carbocycles. The SMILES string of the molecule is O=CC1=CC=C[C@H]2CCCCC[C@H]12. The molecule has 0 radical (unpaired) electrons. The van der Waals surface area contributed by atoms with Crippen LogP contribution >= 0.6 is 0 Å². The molecule has 1 fully saturated rings. The lowest BCUT2D eigenvalue weighted by Gasteiger charge is -2.24. The quantitative estimate of drug-likeness (QED) is 0.561. The zero-order valence-electron chi connectivity index (χ0n) is 7.91. The third-order valence-corrected chi connectivity index (χ3v) is 3.28. The monoisotopic (exact) mass is 176 g/mol. The Hall–Kier alpha value is -0.850. The highest BCUT2D eigenvalue weighted by molar-refractivity contribution is 5.75. The summed E-state index contributed by atoms with van der Waals surface area (Å²) in [5.41, 5.74) is 1.02. The molecule has 0 N–H and O–H groups in total. The van der Waals surface area contributed by atoms with Crippen LogP contribution in [-0.4, -0.2) is 6.29 Å². The van der Waals surface area contributed by atoms with Gasteiger partial charge < -0.3 is 0 Å². The highest BCUT2D eigenvalue weighted by Crippen LogP contribution is 2.36. The van der Waals surface area contributed by atoms with Crippen molar-refractivity contribution in [2.75, 3.05) is 0 Å². The van der Waals surface area contributed by atoms with E-state index in [0.717, 1.165) is 11.9 Å². The van der Waals surface area contributed by atoms with Crippen molar-refractivity contribution < 1.29 is 4.79 Å². The number of fused-ring (bicyclic) bond motifs is 1. The van der Waals surface area contributed by atoms with Crippen molar-refractivity contribution in [3.05, 3.63) is 23.8 Å². The van der Waals surface area contributed by atoms with Crippen LogP contribution in [0, 0.1) is 11.8 Å². The molecule has 2 aliphatic rings. The van der Waals surface area contributed by atoms with Crippen molar-refractivity contribution in [2.45, 2.75) is 32.1 Å². The van der Waals surface area contributed by atoms with Crippen molar-refractivity contribution in [3.8, 4) is 0 Å². The normalized spacial score (nSPS) is 33.1. The van der Waals surface area contributed by atoms with Gasteiger partial charge in [-0.1, -0.05) is 37.5 Å². The van der Waals surface area contributed by atoms with Gasteiger partial charge in [0.25, 0.3) is 0 Å². The predicted octanol–water partition coefficient (Wildman–Crippen LogP) is 2.88. The molecule has 0 amide bonds. The molecule has 1 heteroatoms. The van der Waals surface area contributed by atoms with E-state index in [1.807, 2.05) is 6.08 Å². The van der Waals surface area contributed by atoms with Gasteiger partial charge in [-0.25, -0.2) is 0 Å². The number of carbonyl (C=O) groups excluding carboxylic acids is 1. The number of aldehydes is 1. The lowest BCUT2D eigenvalue weighted by atomic mass is 9.79. The Kier molecular flexibility index (Phi) is 2.62. The first-order chi connectivity index (χ1) is 6.42. The molecular weight excluding hydrogens is 160 g/mol. The topological polar surface area (TPSA) is 17.1 Å². The van der Waals surface area contributed by atoms with E-state index in [1.54, 1.807) is 0 Å². The fourth-order valence-corrected chi connectivity index (χ4v) is 2.54. The summed E-state index contributed by atoms with van der Waals surface area (Å²) in [6.45, 7) is 0. The fraction of sp³-hybridized carbons (Fsp3) is 0.583. The first-order valence-corrected chi connectivity index (χ1v) is 5.25. The van der Waals surface area contributed by atoms with Gasteiger partial charge in [0.15, 0.2) is 0 Å². The summed E-state index contributed by atoms with van der Waals surface area (Å²) in [5.74, 6) is 1.18. The molecule has 2 atom stereocenters. The predicted molar refractivity (Wildman–Crippen MR) is 53.4 cm³/mol. The molecule has 0 saturated heterocycles. The third-order valence-electron chi connectivity index (χ3n) is 3.28. The Labute approximate surface area is 79.5 Å². The van der Waals surface area contributed by atoms with E-state index in [0.29, 0.717) is 11.8 Å². The second-order valence-corrected chi connectivity index (χ2v) is 4.08. The van der Waals surface area contributed by atoms with Gasteiger partial charge in [0.2, 0.25) is 0 Å². The second-order valence-electron chi connectivity index (χ2n) is 4.08. The van der Waals surface area contributed by atoms with Gasteiger partial charge in [-0.3, -0.25) is 4.79 Å². The molecule has 0 spiro atoms. The van der Waals surface area contributed by atoms with Gasteiger partial charge in [-0.2, -0.15) is 0 Å². The Morgan fingerprint density at radius 3 is 2.92 bits per heavy atom. The maximum Gasteiger partial charge on any atom is 0.146 e. The van der Waals surface area contributed by atoms with Crippen LogP contribution in [0.25, 0.3) is 0 Å². The molecule has 1 nitrogen and oxygen atoms in total. The maximum atomic E-state index is 10.8. The molecule has 0 unspecified atom stereocenters. The number of hydrogen-bond acceptors (Lipinski definition) is 1. The average molecular weight is 176 g/mol. The van der Waals surface area contributed by atoms with Crippen molar-refractivity contribution >= 4 is 6.29 Å². The van der Waals surface area contributed by atoms with E-state index in [1.165, 1.54) is 32.1 Å². The lowest BCUT2D eigenvalue weighted by molar-refractivity contribution is -0.105. The second kappa shape index (κ2) is 3.91. The van der Waals surface area contributed by atoms with Gasteiger partial charge in [0, 0.05) is 0 Å². The minimum absolute atomic E-state index is 0.532. The van der Waals surface area contributed by atoms with Crippen molar-refractivity contribution in [1.82, 2.24) is 0 Å². The van der Waals surface area contributed by atoms with Crippen LogP contribution < -0.4 is 0 Å². The molecule has 70 valence electrons. The van der Waals surface area contributed by atoms with E-state index in [-0.39, 0.29) is 0 Å². The van der Waals surface area contributed by atoms with Gasteiger partial charge in [-0.15, -0.1) is 0 Å². The molecule has 0 aromatic carbocycles. The maximum absolute atomic E-state index is 10.8. The van der Waals surface area contributed by atoms with Crippen molar-refractivity contribution in [1.29, 1.82) is 0 Å². The third kappa shape index (κ3) is 1.74. The first-order valence-electron chi connectivity index (χ1n) is 5.25. The van der Waals surface area contributed by atoms with Gasteiger partial charge >= 0.3 is 0 Å². The standard InChI is InChI=1S/C12H16O/c13-9-11-7-4-6-10-5-2-1-3-8-12(10)11/h4,6-7,9-10,12H,1-3,5,8H2/t10-,12+/m1/s1. The van der Waals surface area contributed by atoms with Crippen LogP contribution in [0.3, 0.4) is 0 Å². The summed E-state index contributed by atoms with van der Waals surface area (Å²) < 4.78 is 0. The van der Waals surface area contributed by atoms with Crippen LogP contribution in [0.2, 0.25) is 0 Å². The molecule has 0 heterocycles. The van der Waals surface area contributed by atoms with E-state index >= 15 is 0 Å². The van der Waals surface area contributed by atoms with E-state index in [9.17, 15) is 4.79 Å². The zero-order valence-corrected chi connectivity index (χ0v) is 7.91. The summed E-state index contributed by atoms with van der Waals surface area (Å²) in [4.78, 5) is 10.8. The lowest BCUT2D eigenvalue weighted by Crippen LogP contribution is -2.17. The summed E-state index contributed by atoms with van der Waals surface area (Å²) in [6, 6.07) is 0. The summed E-state index contributed by atoms with van der Waals surface area (Å²) >= 11 is 0. The largest absolute Gasteiger partial charge is 0.298 e. The molecule has 1 saturated carbocycles. The zero-order chi connectivity index (χ0) is 9.10. The molecule has 13 heavy (non-hydrogen) atoms. The van der Waals surface area contributed by atoms with E-state index in [4.69, 9.17) is 0 Å². The van der Waals surface area contributed by atoms with Gasteiger partial charge in [0.05, 0.1) is 0 Å². The van der Waals surface area contributed by atoms with Crippen LogP contribution in [0.4, 0.5) is 0 Å². The van der Waals surface area contributed by atoms with Crippen molar-refractivity contribution in [3.63, 3.8) is 0 Å². The Morgan fingerprint density at radius 1 is 1.23 bits per heavy atom. The summed E-state index contributed by atoms with van der Waals surface area (Å²) in [7, 11) is 0. The summed E-state index contributed by atoms with van der Waals surface area (Å²) in [5, 5.41) is 0. The van der Waals surface area contributed by atoms with Crippen LogP contribution in [0.5, 0.6) is 0 Å². The highest BCUT2D eigenvalue weighted by atomic mass is 16.1. The first kappa shape index (κ1) is 8.74. The summed E-state index contributed by atoms with van der Waals surface area (Å²) in [6.07, 6.45) is 13.8. The Morgan fingerprint density at radius 2 is 2.08 bits per heavy atom. The molecule has 2 rings (SSSR count). The smallest absolute Gasteiger partial charge is 0.146 e. The average Bonchev–Trinajstić information content (AvgIpc) is 2.41. The number of hydrogen-bond donors (Lipinski definition) is 0. The molecule has 0 aromatic rings. The van der Waals surface area contributed by atoms with Crippen molar-refractivity contribution in [2.24, 2.45) is 11.8 Å². The van der Waals surface area contributed by atoms with E-state index < -0.39 is 0 Å². The Bertz CT molecular complexity index is 250. The highest BCUT2D eigenvalue weighted by Gasteiger charge is 2.25. The number of rotatable bonds is 1. The number of allylic oxidation sites excluding steroid dienone is 4. The Balaban J connectivity index is 2.18. The van der Waals surface area contributed by atoms with E-state index in [2.05, 4.69) is 12.2 Å².